The van der Waals surface area contributed by atoms with Gasteiger partial charge in [-0.3, -0.25) is 0 Å². The summed E-state index contributed by atoms with van der Waals surface area (Å²) in [5.74, 6) is -1.75. The van der Waals surface area contributed by atoms with Crippen LogP contribution in [0.3, 0.4) is 0 Å². The molecular weight excluding hydrogens is 244 g/mol. The van der Waals surface area contributed by atoms with E-state index in [2.05, 4.69) is 0 Å². The number of halogens is 3. The average molecular weight is 260 g/mol. The van der Waals surface area contributed by atoms with Gasteiger partial charge in [0.25, 0.3) is 0 Å². The average Bonchev–Trinajstić information content (AvgIpc) is 2.34. The van der Waals surface area contributed by atoms with Crippen molar-refractivity contribution in [2.24, 2.45) is 5.73 Å². The van der Waals surface area contributed by atoms with E-state index < -0.39 is 11.6 Å². The molecule has 0 amide bonds. The zero-order valence-corrected chi connectivity index (χ0v) is 10.4. The molecule has 0 bridgehead atoms. The largest absolute Gasteiger partial charge is 0.330 e. The second-order valence-corrected chi connectivity index (χ2v) is 5.20. The Morgan fingerprint density at radius 2 is 1.71 bits per heavy atom. The molecule has 0 radical (unpaired) electrons. The van der Waals surface area contributed by atoms with Crippen LogP contribution in [0, 0.1) is 11.6 Å². The van der Waals surface area contributed by atoms with Gasteiger partial charge in [0.15, 0.2) is 11.6 Å². The minimum absolute atomic E-state index is 0.274. The molecule has 94 valence electrons. The van der Waals surface area contributed by atoms with Gasteiger partial charge in [0, 0.05) is 17.0 Å². The summed E-state index contributed by atoms with van der Waals surface area (Å²) < 4.78 is 26.4. The Balaban J connectivity index is 2.46. The molecule has 0 heterocycles. The van der Waals surface area contributed by atoms with Gasteiger partial charge in [-0.05, 0) is 30.5 Å². The Kier molecular flexibility index (Phi) is 3.69. The van der Waals surface area contributed by atoms with Crippen LogP contribution in [0.5, 0.6) is 0 Å². The number of nitrogens with two attached hydrogens (primary N) is 1. The standard InChI is InChI=1S/C13H16ClF2N/c14-10-7-12(16)11(15)6-9(10)13(8-17)4-2-1-3-5-13/h6-7H,1-5,8,17H2. The summed E-state index contributed by atoms with van der Waals surface area (Å²) in [4.78, 5) is 0. The van der Waals surface area contributed by atoms with Gasteiger partial charge in [-0.25, -0.2) is 8.78 Å². The van der Waals surface area contributed by atoms with Gasteiger partial charge >= 0.3 is 0 Å². The van der Waals surface area contributed by atoms with Crippen molar-refractivity contribution in [2.75, 3.05) is 6.54 Å². The number of benzene rings is 1. The quantitative estimate of drug-likeness (QED) is 0.804. The summed E-state index contributed by atoms with van der Waals surface area (Å²) in [6.45, 7) is 0.428. The topological polar surface area (TPSA) is 26.0 Å². The number of hydrogen-bond donors (Lipinski definition) is 1. The molecule has 2 N–H and O–H groups in total. The molecule has 1 aliphatic rings. The zero-order valence-electron chi connectivity index (χ0n) is 9.61. The maximum atomic E-state index is 13.3. The highest BCUT2D eigenvalue weighted by Gasteiger charge is 2.34. The number of rotatable bonds is 2. The van der Waals surface area contributed by atoms with Gasteiger partial charge in [0.1, 0.15) is 0 Å². The molecule has 0 unspecified atom stereocenters. The molecule has 4 heteroatoms. The van der Waals surface area contributed by atoms with Crippen LogP contribution in [0.2, 0.25) is 5.02 Å². The Morgan fingerprint density at radius 1 is 1.12 bits per heavy atom. The minimum Gasteiger partial charge on any atom is -0.330 e. The van der Waals surface area contributed by atoms with Crippen molar-refractivity contribution in [2.45, 2.75) is 37.5 Å². The van der Waals surface area contributed by atoms with E-state index in [0.29, 0.717) is 12.1 Å². The highest BCUT2D eigenvalue weighted by molar-refractivity contribution is 6.31. The van der Waals surface area contributed by atoms with E-state index in [-0.39, 0.29) is 10.4 Å². The third-order valence-electron chi connectivity index (χ3n) is 3.78. The Bertz CT molecular complexity index is 414. The predicted octanol–water partition coefficient (Wildman–Crippen LogP) is 3.78. The summed E-state index contributed by atoms with van der Waals surface area (Å²) in [6, 6.07) is 2.27. The highest BCUT2D eigenvalue weighted by Crippen LogP contribution is 2.42. The number of hydrogen-bond acceptors (Lipinski definition) is 1. The van der Waals surface area contributed by atoms with Crippen LogP contribution in [-0.4, -0.2) is 6.54 Å². The monoisotopic (exact) mass is 259 g/mol. The van der Waals surface area contributed by atoms with Crippen LogP contribution in [-0.2, 0) is 5.41 Å². The van der Waals surface area contributed by atoms with E-state index in [0.717, 1.165) is 31.7 Å². The van der Waals surface area contributed by atoms with E-state index >= 15 is 0 Å². The van der Waals surface area contributed by atoms with Crippen LogP contribution < -0.4 is 5.73 Å². The zero-order chi connectivity index (χ0) is 12.5. The molecule has 0 spiro atoms. The van der Waals surface area contributed by atoms with E-state index in [1.807, 2.05) is 0 Å². The molecule has 2 rings (SSSR count). The van der Waals surface area contributed by atoms with E-state index in [1.54, 1.807) is 0 Å². The molecule has 0 aromatic heterocycles. The van der Waals surface area contributed by atoms with Crippen LogP contribution in [0.4, 0.5) is 8.78 Å². The molecule has 1 saturated carbocycles. The normalized spacial score (nSPS) is 19.3. The maximum absolute atomic E-state index is 13.3. The SMILES string of the molecule is NCC1(c2cc(F)c(F)cc2Cl)CCCCC1. The van der Waals surface area contributed by atoms with E-state index in [1.165, 1.54) is 12.5 Å². The van der Waals surface area contributed by atoms with Crippen molar-refractivity contribution in [1.82, 2.24) is 0 Å². The molecule has 0 saturated heterocycles. The fraction of sp³-hybridized carbons (Fsp3) is 0.538. The predicted molar refractivity (Wildman–Crippen MR) is 65.2 cm³/mol. The second-order valence-electron chi connectivity index (χ2n) is 4.79. The van der Waals surface area contributed by atoms with E-state index in [4.69, 9.17) is 17.3 Å². The summed E-state index contributed by atoms with van der Waals surface area (Å²) in [5, 5.41) is 0.288. The smallest absolute Gasteiger partial charge is 0.160 e. The van der Waals surface area contributed by atoms with Crippen molar-refractivity contribution >= 4 is 11.6 Å². The molecule has 0 aliphatic heterocycles. The molecule has 0 atom stereocenters. The van der Waals surface area contributed by atoms with Crippen LogP contribution in [0.1, 0.15) is 37.7 Å². The van der Waals surface area contributed by atoms with Crippen molar-refractivity contribution in [1.29, 1.82) is 0 Å². The van der Waals surface area contributed by atoms with Gasteiger partial charge in [0.2, 0.25) is 0 Å². The molecule has 1 nitrogen and oxygen atoms in total. The maximum Gasteiger partial charge on any atom is 0.160 e. The van der Waals surface area contributed by atoms with Crippen LogP contribution >= 0.6 is 11.6 Å². The van der Waals surface area contributed by atoms with E-state index in [9.17, 15) is 8.78 Å². The molecular formula is C13H16ClF2N. The van der Waals surface area contributed by atoms with Gasteiger partial charge < -0.3 is 5.73 Å². The fourth-order valence-corrected chi connectivity index (χ4v) is 3.09. The van der Waals surface area contributed by atoms with Gasteiger partial charge in [-0.1, -0.05) is 30.9 Å². The first-order valence-corrected chi connectivity index (χ1v) is 6.32. The Hall–Kier alpha value is -0.670. The third kappa shape index (κ3) is 2.31. The van der Waals surface area contributed by atoms with Gasteiger partial charge in [0.05, 0.1) is 0 Å². The van der Waals surface area contributed by atoms with Crippen LogP contribution in [0.15, 0.2) is 12.1 Å². The fourth-order valence-electron chi connectivity index (χ4n) is 2.74. The van der Waals surface area contributed by atoms with Crippen molar-refractivity contribution in [3.8, 4) is 0 Å². The summed E-state index contributed by atoms with van der Waals surface area (Å²) in [7, 11) is 0. The highest BCUT2D eigenvalue weighted by atomic mass is 35.5. The summed E-state index contributed by atoms with van der Waals surface area (Å²) >= 11 is 6.04. The summed E-state index contributed by atoms with van der Waals surface area (Å²) in [5.41, 5.74) is 6.25. The first kappa shape index (κ1) is 12.8. The van der Waals surface area contributed by atoms with Crippen molar-refractivity contribution in [3.05, 3.63) is 34.4 Å². The molecule has 1 aromatic rings. The van der Waals surface area contributed by atoms with Gasteiger partial charge in [-0.15, -0.1) is 0 Å². The first-order chi connectivity index (χ1) is 8.09. The first-order valence-electron chi connectivity index (χ1n) is 5.94. The van der Waals surface area contributed by atoms with Crippen molar-refractivity contribution in [3.63, 3.8) is 0 Å². The van der Waals surface area contributed by atoms with Crippen LogP contribution in [0.25, 0.3) is 0 Å². The Labute approximate surface area is 105 Å². The molecule has 1 fully saturated rings. The Morgan fingerprint density at radius 3 is 2.29 bits per heavy atom. The molecule has 1 aromatic carbocycles. The lowest BCUT2D eigenvalue weighted by Crippen LogP contribution is -2.37. The second kappa shape index (κ2) is 4.91. The lowest BCUT2D eigenvalue weighted by molar-refractivity contribution is 0.299. The molecule has 17 heavy (non-hydrogen) atoms. The minimum atomic E-state index is -0.901. The lowest BCUT2D eigenvalue weighted by atomic mass is 9.69. The molecule has 1 aliphatic carbocycles. The van der Waals surface area contributed by atoms with Crippen molar-refractivity contribution < 1.29 is 8.78 Å². The summed E-state index contributed by atoms with van der Waals surface area (Å²) in [6.07, 6.45) is 5.09. The third-order valence-corrected chi connectivity index (χ3v) is 4.10. The lowest BCUT2D eigenvalue weighted by Gasteiger charge is -2.37. The van der Waals surface area contributed by atoms with Gasteiger partial charge in [-0.2, -0.15) is 0 Å².